The molecule has 3 aromatic heterocycles. The number of aromatic nitrogens is 2. The van der Waals surface area contributed by atoms with E-state index in [4.69, 9.17) is 0 Å². The third-order valence-corrected chi connectivity index (χ3v) is 18.7. The third-order valence-electron chi connectivity index (χ3n) is 17.5. The molecule has 370 valence electrons. The molecule has 0 spiro atoms. The highest BCUT2D eigenvalue weighted by Crippen LogP contribution is 2.48. The molecule has 2 nitrogen and oxygen atoms in total. The molecule has 1 unspecified atom stereocenters. The summed E-state index contributed by atoms with van der Waals surface area (Å²) in [5.74, 6) is 0.179. The zero-order valence-corrected chi connectivity index (χ0v) is 44.1. The smallest absolute Gasteiger partial charge is 0.0547 e. The summed E-state index contributed by atoms with van der Waals surface area (Å²) in [6.45, 7) is 0. The topological polar surface area (TPSA) is 9.86 Å². The molecule has 3 heteroatoms. The van der Waals surface area contributed by atoms with Crippen LogP contribution in [0.15, 0.2) is 249 Å². The van der Waals surface area contributed by atoms with Gasteiger partial charge in [0.05, 0.1) is 22.1 Å². The Morgan fingerprint density at radius 3 is 1.24 bits per heavy atom. The Hall–Kier alpha value is -9.54. The predicted molar refractivity (Wildman–Crippen MR) is 338 cm³/mol. The summed E-state index contributed by atoms with van der Waals surface area (Å²) >= 11 is 2.02. The highest BCUT2D eigenvalue weighted by molar-refractivity contribution is 7.10. The lowest BCUT2D eigenvalue weighted by Crippen LogP contribution is -2.27. The van der Waals surface area contributed by atoms with Crippen LogP contribution >= 0.6 is 11.3 Å². The summed E-state index contributed by atoms with van der Waals surface area (Å²) in [4.78, 5) is 1.50. The van der Waals surface area contributed by atoms with E-state index in [0.29, 0.717) is 0 Å². The first-order valence-corrected chi connectivity index (χ1v) is 28.6. The highest BCUT2D eigenvalue weighted by Gasteiger charge is 2.28. The summed E-state index contributed by atoms with van der Waals surface area (Å²) in [5, 5.41) is 16.9. The molecule has 15 aromatic rings. The van der Waals surface area contributed by atoms with Gasteiger partial charge in [-0.25, -0.2) is 0 Å². The Balaban J connectivity index is 0.845. The maximum absolute atomic E-state index is 2.67. The number of hydrogen-bond acceptors (Lipinski definition) is 1. The van der Waals surface area contributed by atoms with Crippen molar-refractivity contribution in [3.05, 3.63) is 280 Å². The van der Waals surface area contributed by atoms with E-state index in [0.717, 1.165) is 19.3 Å². The minimum Gasteiger partial charge on any atom is -0.309 e. The van der Waals surface area contributed by atoms with Gasteiger partial charge in [0.15, 0.2) is 0 Å². The molecule has 0 saturated carbocycles. The van der Waals surface area contributed by atoms with Gasteiger partial charge in [0.2, 0.25) is 0 Å². The van der Waals surface area contributed by atoms with Crippen LogP contribution in [0.3, 0.4) is 0 Å². The van der Waals surface area contributed by atoms with Gasteiger partial charge in [-0.3, -0.25) is 0 Å². The molecule has 0 saturated heterocycles. The van der Waals surface area contributed by atoms with Crippen molar-refractivity contribution in [1.29, 1.82) is 0 Å². The summed E-state index contributed by atoms with van der Waals surface area (Å²) in [6.07, 6.45) is 10.8. The number of aryl methyl sites for hydroxylation is 1. The molecule has 0 amide bonds. The van der Waals surface area contributed by atoms with Crippen LogP contribution in [0.2, 0.25) is 0 Å². The molecule has 17 rings (SSSR count). The van der Waals surface area contributed by atoms with Crippen molar-refractivity contribution in [3.63, 3.8) is 0 Å². The Morgan fingerprint density at radius 2 is 0.747 bits per heavy atom. The fourth-order valence-corrected chi connectivity index (χ4v) is 15.5. The zero-order valence-electron chi connectivity index (χ0n) is 43.3. The van der Waals surface area contributed by atoms with Crippen molar-refractivity contribution in [1.82, 2.24) is 9.13 Å². The standard InChI is InChI=1S/C76H50N2S/c1-3-20-50(21-4-1)77-66-35-17-15-24-52(66)54-41-38-48(45-68(54)77)73-58-28-9-7-26-56(58)72(57-27-8-10-29-59(57)73)47-40-43-70-65(44-47)76-64(34-19-37-71(76)79-70)75-62-32-13-11-30-60(62)74(61-31-12-14-33-63(61)75)49-39-42-55-53-25-16-18-36-67(53)78(69(55)46-49)51-22-5-2-6-23-51/h1-18,20-36,38-39,41-47H,19,37,40H2. The molecule has 3 heterocycles. The Kier molecular flexibility index (Phi) is 9.87. The average molecular weight is 1020 g/mol. The second-order valence-electron chi connectivity index (χ2n) is 21.6. The van der Waals surface area contributed by atoms with Gasteiger partial charge in [-0.1, -0.05) is 212 Å². The summed E-state index contributed by atoms with van der Waals surface area (Å²) < 4.78 is 6.29. The normalized spacial score (nSPS) is 14.3. The van der Waals surface area contributed by atoms with E-state index >= 15 is 0 Å². The monoisotopic (exact) mass is 1020 g/mol. The third kappa shape index (κ3) is 6.64. The van der Waals surface area contributed by atoms with Crippen molar-refractivity contribution in [2.75, 3.05) is 0 Å². The first-order valence-electron chi connectivity index (χ1n) is 27.8. The van der Waals surface area contributed by atoms with Gasteiger partial charge in [0.1, 0.15) is 0 Å². The average Bonchev–Trinajstić information content (AvgIpc) is 4.20. The summed E-state index contributed by atoms with van der Waals surface area (Å²) in [7, 11) is 0. The summed E-state index contributed by atoms with van der Waals surface area (Å²) in [5.41, 5.74) is 17.8. The maximum Gasteiger partial charge on any atom is 0.0547 e. The quantitative estimate of drug-likeness (QED) is 0.147. The van der Waals surface area contributed by atoms with Crippen LogP contribution in [0, 0.1) is 0 Å². The molecule has 0 radical (unpaired) electrons. The van der Waals surface area contributed by atoms with Crippen LogP contribution in [0.25, 0.3) is 138 Å². The fourth-order valence-electron chi connectivity index (χ4n) is 14.2. The Labute approximate surface area is 461 Å². The molecule has 79 heavy (non-hydrogen) atoms. The lowest BCUT2D eigenvalue weighted by Gasteiger charge is -2.24. The number of fused-ring (bicyclic) bond motifs is 13. The molecule has 1 atom stereocenters. The van der Waals surface area contributed by atoms with E-state index in [1.54, 1.807) is 0 Å². The molecule has 2 aliphatic carbocycles. The molecule has 2 aliphatic rings. The Morgan fingerprint density at radius 1 is 0.342 bits per heavy atom. The van der Waals surface area contributed by atoms with Crippen LogP contribution in [-0.4, -0.2) is 9.13 Å². The van der Waals surface area contributed by atoms with E-state index in [1.807, 2.05) is 11.3 Å². The molecule has 0 bridgehead atoms. The van der Waals surface area contributed by atoms with E-state index in [9.17, 15) is 0 Å². The number of para-hydroxylation sites is 4. The van der Waals surface area contributed by atoms with E-state index in [2.05, 4.69) is 270 Å². The minimum atomic E-state index is 0.179. The van der Waals surface area contributed by atoms with Crippen molar-refractivity contribution < 1.29 is 0 Å². The second-order valence-corrected chi connectivity index (χ2v) is 22.7. The lowest BCUT2D eigenvalue weighted by atomic mass is 9.79. The van der Waals surface area contributed by atoms with Gasteiger partial charge >= 0.3 is 0 Å². The van der Waals surface area contributed by atoms with Crippen LogP contribution in [0.4, 0.5) is 0 Å². The molecule has 0 N–H and O–H groups in total. The largest absolute Gasteiger partial charge is 0.309 e. The van der Waals surface area contributed by atoms with Gasteiger partial charge in [0.25, 0.3) is 0 Å². The van der Waals surface area contributed by atoms with Gasteiger partial charge < -0.3 is 9.13 Å². The van der Waals surface area contributed by atoms with Crippen molar-refractivity contribution in [2.24, 2.45) is 0 Å². The van der Waals surface area contributed by atoms with E-state index < -0.39 is 0 Å². The molecular weight excluding hydrogens is 973 g/mol. The number of rotatable bonds is 6. The van der Waals surface area contributed by atoms with Crippen LogP contribution in [-0.2, 0) is 6.42 Å². The number of benzene rings is 12. The first-order chi connectivity index (χ1) is 39.2. The van der Waals surface area contributed by atoms with E-state index in [1.165, 1.54) is 157 Å². The SMILES string of the molecule is C1=C(c2c3ccccc3c(-c3ccc4c5ccccc5n(-c5ccccc5)c4c3)c3ccccc23)c2c(sc3c2=CC(c2c4ccccc4c(-c4ccc5c6ccccc6n(-c6ccccc6)c5c4)c4ccccc24)CC=3)CC1. The Bertz CT molecular complexity index is 5110. The van der Waals surface area contributed by atoms with Crippen molar-refractivity contribution in [2.45, 2.75) is 25.2 Å². The second kappa shape index (κ2) is 17.5. The number of thiophene rings is 1. The van der Waals surface area contributed by atoms with E-state index in [-0.39, 0.29) is 5.92 Å². The minimum absolute atomic E-state index is 0.179. The van der Waals surface area contributed by atoms with Crippen molar-refractivity contribution in [3.8, 4) is 33.6 Å². The van der Waals surface area contributed by atoms with Gasteiger partial charge in [-0.05, 0) is 155 Å². The van der Waals surface area contributed by atoms with Gasteiger partial charge in [-0.15, -0.1) is 11.3 Å². The van der Waals surface area contributed by atoms with Crippen LogP contribution < -0.4 is 9.75 Å². The number of hydrogen-bond donors (Lipinski definition) is 0. The zero-order chi connectivity index (χ0) is 51.7. The van der Waals surface area contributed by atoms with Crippen molar-refractivity contribution >= 4 is 116 Å². The van der Waals surface area contributed by atoms with Crippen LogP contribution in [0.5, 0.6) is 0 Å². The maximum atomic E-state index is 2.67. The predicted octanol–water partition coefficient (Wildman–Crippen LogP) is 19.0. The molecular formula is C76H50N2S. The lowest BCUT2D eigenvalue weighted by molar-refractivity contribution is 0.941. The fraction of sp³-hybridized carbons (Fsp3) is 0.0526. The van der Waals surface area contributed by atoms with Gasteiger partial charge in [-0.2, -0.15) is 0 Å². The highest BCUT2D eigenvalue weighted by atomic mass is 32.1. The molecule has 0 fully saturated rings. The molecule has 12 aromatic carbocycles. The number of allylic oxidation sites excluding steroid dienone is 1. The summed E-state index contributed by atoms with van der Waals surface area (Å²) in [6, 6.07) is 90.5. The molecule has 0 aliphatic heterocycles. The van der Waals surface area contributed by atoms with Crippen LogP contribution in [0.1, 0.15) is 40.3 Å². The first kappa shape index (κ1) is 44.6. The van der Waals surface area contributed by atoms with Gasteiger partial charge in [0, 0.05) is 53.8 Å². The number of nitrogens with zero attached hydrogens (tertiary/aromatic N) is 2.